The van der Waals surface area contributed by atoms with E-state index in [1.54, 1.807) is 0 Å². The zero-order chi connectivity index (χ0) is 36.0. The molecule has 0 aromatic carbocycles. The van der Waals surface area contributed by atoms with Gasteiger partial charge in [0, 0.05) is 12.8 Å². The van der Waals surface area contributed by atoms with Gasteiger partial charge in [0.05, 0.1) is 6.54 Å². The lowest BCUT2D eigenvalue weighted by molar-refractivity contribution is -0.367. The van der Waals surface area contributed by atoms with Crippen molar-refractivity contribution in [3.8, 4) is 0 Å². The Bertz CT molecular complexity index is 910. The molecule has 0 heterocycles. The minimum atomic E-state index is -0.715. The van der Waals surface area contributed by atoms with Crippen molar-refractivity contribution in [2.24, 2.45) is 0 Å². The highest BCUT2D eigenvalue weighted by Crippen LogP contribution is 2.00. The third kappa shape index (κ3) is 57.9. The third-order valence-electron chi connectivity index (χ3n) is 6.19. The molecule has 0 fully saturated rings. The second kappa shape index (κ2) is 47.7. The lowest BCUT2D eigenvalue weighted by Crippen LogP contribution is -2.49. The summed E-state index contributed by atoms with van der Waals surface area (Å²) in [4.78, 5) is 20.6. The molecule has 0 radical (unpaired) electrons. The molecule has 0 aromatic rings. The largest absolute Gasteiger partial charge is 0.481 e. The Morgan fingerprint density at radius 3 is 0.812 bits per heavy atom. The monoisotopic (exact) mass is 665 g/mol. The van der Waals surface area contributed by atoms with Gasteiger partial charge in [0.25, 0.3) is 0 Å². The topological polar surface area (TPSA) is 102 Å². The van der Waals surface area contributed by atoms with E-state index in [1.165, 1.54) is 6.42 Å². The normalized spacial score (nSPS) is 12.3. The fourth-order valence-corrected chi connectivity index (χ4v) is 3.48. The van der Waals surface area contributed by atoms with Gasteiger partial charge in [-0.25, -0.2) is 0 Å². The van der Waals surface area contributed by atoms with Crippen LogP contribution in [-0.4, -0.2) is 28.7 Å². The van der Waals surface area contributed by atoms with Crippen LogP contribution < -0.4 is 5.73 Å². The van der Waals surface area contributed by atoms with Crippen molar-refractivity contribution in [2.45, 2.75) is 130 Å². The van der Waals surface area contributed by atoms with Crippen molar-refractivity contribution in [3.63, 3.8) is 0 Å². The average molecular weight is 665 g/mol. The predicted octanol–water partition coefficient (Wildman–Crippen LogP) is 11.6. The van der Waals surface area contributed by atoms with E-state index < -0.39 is 11.9 Å². The highest BCUT2D eigenvalue weighted by atomic mass is 16.4. The number of carbonyl (C=O) groups is 2. The van der Waals surface area contributed by atoms with Crippen molar-refractivity contribution >= 4 is 11.9 Å². The maximum absolute atomic E-state index is 10.3. The maximum atomic E-state index is 10.3. The highest BCUT2D eigenvalue weighted by molar-refractivity contribution is 5.66. The Morgan fingerprint density at radius 2 is 0.625 bits per heavy atom. The highest BCUT2D eigenvalue weighted by Gasteiger charge is 1.93. The van der Waals surface area contributed by atoms with Crippen LogP contribution in [0.3, 0.4) is 0 Å². The van der Waals surface area contributed by atoms with E-state index in [9.17, 15) is 9.59 Å². The Kier molecular flexibility index (Phi) is 48.4. The first-order chi connectivity index (χ1) is 23.5. The number of carboxylic acid groups (broad SMARTS) is 2. The zero-order valence-corrected chi connectivity index (χ0v) is 30.7. The SMILES string of the molecule is CC/C=C\C/C=C\C/C=C\C/C=C\C/C=C\CCCC(=O)O.CC/C=C\C/C=C\C/C=C\C/C=C\C/C=C\CCCC(=O)O.CCC[NH3+]. The summed E-state index contributed by atoms with van der Waals surface area (Å²) in [5.41, 5.74) is 3.60. The second-order valence-electron chi connectivity index (χ2n) is 10.8. The van der Waals surface area contributed by atoms with E-state index in [0.29, 0.717) is 0 Å². The van der Waals surface area contributed by atoms with Gasteiger partial charge >= 0.3 is 11.9 Å². The molecule has 0 amide bonds. The van der Waals surface area contributed by atoms with Crippen LogP contribution in [0.25, 0.3) is 0 Å². The Balaban J connectivity index is -0.000000758. The van der Waals surface area contributed by atoms with Crippen molar-refractivity contribution in [1.82, 2.24) is 0 Å². The van der Waals surface area contributed by atoms with E-state index in [-0.39, 0.29) is 12.8 Å². The zero-order valence-electron chi connectivity index (χ0n) is 30.7. The van der Waals surface area contributed by atoms with Gasteiger partial charge in [0.1, 0.15) is 0 Å². The van der Waals surface area contributed by atoms with Crippen molar-refractivity contribution in [3.05, 3.63) is 122 Å². The van der Waals surface area contributed by atoms with Gasteiger partial charge in [0.2, 0.25) is 0 Å². The van der Waals surface area contributed by atoms with Gasteiger partial charge in [0.15, 0.2) is 0 Å². The van der Waals surface area contributed by atoms with E-state index >= 15 is 0 Å². The van der Waals surface area contributed by atoms with Gasteiger partial charge in [-0.1, -0.05) is 142 Å². The van der Waals surface area contributed by atoms with Crippen LogP contribution in [0.4, 0.5) is 0 Å². The Labute approximate surface area is 294 Å². The van der Waals surface area contributed by atoms with E-state index in [0.717, 1.165) is 96.4 Å². The van der Waals surface area contributed by atoms with Crippen LogP contribution in [0.5, 0.6) is 0 Å². The molecule has 0 aliphatic rings. The molecular weight excluding hydrogens is 594 g/mol. The second-order valence-corrected chi connectivity index (χ2v) is 10.8. The first kappa shape index (κ1) is 48.7. The molecule has 0 aliphatic carbocycles. The summed E-state index contributed by atoms with van der Waals surface area (Å²) in [6, 6.07) is 0. The number of quaternary nitrogens is 1. The molecule has 270 valence electrons. The smallest absolute Gasteiger partial charge is 0.303 e. The molecule has 0 spiro atoms. The summed E-state index contributed by atoms with van der Waals surface area (Å²) in [6.45, 7) is 7.48. The van der Waals surface area contributed by atoms with Gasteiger partial charge in [-0.15, -0.1) is 0 Å². The fraction of sp³-hybridized carbons (Fsp3) is 0.488. The van der Waals surface area contributed by atoms with Crippen molar-refractivity contribution < 1.29 is 25.5 Å². The van der Waals surface area contributed by atoms with Crippen LogP contribution in [0.2, 0.25) is 0 Å². The van der Waals surface area contributed by atoms with E-state index in [2.05, 4.69) is 148 Å². The lowest BCUT2D eigenvalue weighted by Gasteiger charge is -1.89. The van der Waals surface area contributed by atoms with E-state index in [1.807, 2.05) is 0 Å². The van der Waals surface area contributed by atoms with Crippen LogP contribution in [-0.2, 0) is 9.59 Å². The number of rotatable bonds is 27. The molecule has 0 saturated carbocycles. The van der Waals surface area contributed by atoms with Crippen LogP contribution in [0, 0.1) is 0 Å². The summed E-state index contributed by atoms with van der Waals surface area (Å²) >= 11 is 0. The average Bonchev–Trinajstić information content (AvgIpc) is 3.07. The quantitative estimate of drug-likeness (QED) is 0.0600. The fourth-order valence-electron chi connectivity index (χ4n) is 3.48. The number of aliphatic carboxylic acids is 2. The number of hydrogen-bond donors (Lipinski definition) is 3. The number of carboxylic acids is 2. The predicted molar refractivity (Wildman–Crippen MR) is 210 cm³/mol. The molecule has 5 nitrogen and oxygen atoms in total. The summed E-state index contributed by atoms with van der Waals surface area (Å²) < 4.78 is 0. The first-order valence-electron chi connectivity index (χ1n) is 18.2. The Hall–Kier alpha value is -3.70. The summed E-state index contributed by atoms with van der Waals surface area (Å²) in [5.74, 6) is -1.43. The number of allylic oxidation sites excluding steroid dienone is 20. The standard InChI is InChI=1S/2C20H30O2.C3H9N/c2*1-2-3-4-5-6-7-8-9-10-11-12-13-14-15-16-17-18-19-20(21)22;1-2-3-4/h2*3-4,6-7,9-10,12-13,15-16H,2,5,8,11,14,17-19H2,1H3,(H,21,22);2-4H2,1H3/p+1/b2*4-3-,7-6-,10-9-,13-12-,16-15-;. The number of unbranched alkanes of at least 4 members (excludes halogenated alkanes) is 2. The molecule has 0 aliphatic heterocycles. The van der Waals surface area contributed by atoms with Crippen molar-refractivity contribution in [2.75, 3.05) is 6.54 Å². The lowest BCUT2D eigenvalue weighted by atomic mass is 10.2. The maximum Gasteiger partial charge on any atom is 0.303 e. The van der Waals surface area contributed by atoms with Gasteiger partial charge in [-0.05, 0) is 96.3 Å². The summed E-state index contributed by atoms with van der Waals surface area (Å²) in [7, 11) is 0. The molecule has 0 aromatic heterocycles. The van der Waals surface area contributed by atoms with Crippen molar-refractivity contribution in [1.29, 1.82) is 0 Å². The third-order valence-corrected chi connectivity index (χ3v) is 6.19. The molecule has 5 N–H and O–H groups in total. The van der Waals surface area contributed by atoms with Gasteiger partial charge in [-0.3, -0.25) is 9.59 Å². The molecule has 48 heavy (non-hydrogen) atoms. The molecule has 0 rings (SSSR count). The summed E-state index contributed by atoms with van der Waals surface area (Å²) in [6.07, 6.45) is 58.1. The number of hydrogen-bond acceptors (Lipinski definition) is 2. The minimum absolute atomic E-state index is 0.258. The van der Waals surface area contributed by atoms with Gasteiger partial charge < -0.3 is 15.9 Å². The molecule has 5 heteroatoms. The van der Waals surface area contributed by atoms with Crippen LogP contribution in [0.1, 0.15) is 130 Å². The van der Waals surface area contributed by atoms with Crippen LogP contribution >= 0.6 is 0 Å². The first-order valence-corrected chi connectivity index (χ1v) is 18.2. The molecule has 0 saturated heterocycles. The Morgan fingerprint density at radius 1 is 0.417 bits per heavy atom. The molecule has 0 atom stereocenters. The molecule has 0 unspecified atom stereocenters. The van der Waals surface area contributed by atoms with Crippen LogP contribution in [0.15, 0.2) is 122 Å². The molecular formula is C43H70NO4+. The summed E-state index contributed by atoms with van der Waals surface area (Å²) in [5, 5.41) is 17.0. The van der Waals surface area contributed by atoms with Gasteiger partial charge in [-0.2, -0.15) is 0 Å². The molecule has 0 bridgehead atoms. The van der Waals surface area contributed by atoms with E-state index in [4.69, 9.17) is 10.2 Å². The minimum Gasteiger partial charge on any atom is -0.481 e.